The van der Waals surface area contributed by atoms with Crippen molar-refractivity contribution in [1.29, 1.82) is 0 Å². The average Bonchev–Trinajstić information content (AvgIpc) is 1.87. The smallest absolute Gasteiger partial charge is 0.0270 e. The molecule has 56 valence electrons. The van der Waals surface area contributed by atoms with Gasteiger partial charge in [0.05, 0.1) is 0 Å². The highest BCUT2D eigenvalue weighted by Gasteiger charge is 2.11. The largest absolute Gasteiger partial charge is 0.0879 e. The number of halogens is 2. The summed E-state index contributed by atoms with van der Waals surface area (Å²) >= 11 is 7.21. The van der Waals surface area contributed by atoms with E-state index in [4.69, 9.17) is 0 Å². The molecular weight excluding hydrogens is 244 g/mol. The molecule has 2 atom stereocenters. The maximum absolute atomic E-state index is 3.62. The van der Waals surface area contributed by atoms with Crippen molar-refractivity contribution in [1.82, 2.24) is 0 Å². The maximum Gasteiger partial charge on any atom is 0.0270 e. The zero-order valence-electron chi connectivity index (χ0n) is 6.03. The molecule has 0 saturated heterocycles. The Hall–Kier alpha value is 0.960. The monoisotopic (exact) mass is 256 g/mol. The van der Waals surface area contributed by atoms with Crippen molar-refractivity contribution in [3.05, 3.63) is 0 Å². The number of rotatable bonds is 4. The summed E-state index contributed by atoms with van der Waals surface area (Å²) in [5.74, 6) is 0. The van der Waals surface area contributed by atoms with Gasteiger partial charge in [-0.15, -0.1) is 0 Å². The van der Waals surface area contributed by atoms with Gasteiger partial charge >= 0.3 is 0 Å². The lowest BCUT2D eigenvalue weighted by molar-refractivity contribution is 0.703. The van der Waals surface area contributed by atoms with Crippen LogP contribution in [0.25, 0.3) is 0 Å². The third kappa shape index (κ3) is 4.38. The van der Waals surface area contributed by atoms with Crippen molar-refractivity contribution in [2.45, 2.75) is 42.8 Å². The minimum atomic E-state index is 0.650. The van der Waals surface area contributed by atoms with Gasteiger partial charge in [-0.3, -0.25) is 0 Å². The summed E-state index contributed by atoms with van der Waals surface area (Å²) in [6.07, 6.45) is 3.73. The van der Waals surface area contributed by atoms with E-state index in [1.165, 1.54) is 19.3 Å². The van der Waals surface area contributed by atoms with Crippen LogP contribution in [0.15, 0.2) is 0 Å². The molecule has 0 aromatic rings. The molecule has 9 heavy (non-hydrogen) atoms. The van der Waals surface area contributed by atoms with Crippen molar-refractivity contribution in [2.75, 3.05) is 0 Å². The zero-order chi connectivity index (χ0) is 7.28. The quantitative estimate of drug-likeness (QED) is 0.674. The summed E-state index contributed by atoms with van der Waals surface area (Å²) < 4.78 is 0. The molecular formula is C7H14Br2. The van der Waals surface area contributed by atoms with Crippen molar-refractivity contribution >= 4 is 31.9 Å². The summed E-state index contributed by atoms with van der Waals surface area (Å²) in [6.45, 7) is 4.41. The Kier molecular flexibility index (Phi) is 6.33. The first-order valence-electron chi connectivity index (χ1n) is 3.50. The minimum Gasteiger partial charge on any atom is -0.0879 e. The first-order chi connectivity index (χ1) is 4.22. The molecule has 0 aliphatic heterocycles. The van der Waals surface area contributed by atoms with Crippen LogP contribution < -0.4 is 0 Å². The zero-order valence-corrected chi connectivity index (χ0v) is 9.20. The van der Waals surface area contributed by atoms with E-state index >= 15 is 0 Å². The van der Waals surface area contributed by atoms with Crippen molar-refractivity contribution < 1.29 is 0 Å². The Balaban J connectivity index is 3.32. The topological polar surface area (TPSA) is 0 Å². The van der Waals surface area contributed by atoms with Crippen LogP contribution in [0.2, 0.25) is 0 Å². The van der Waals surface area contributed by atoms with Crippen molar-refractivity contribution in [3.8, 4) is 0 Å². The summed E-state index contributed by atoms with van der Waals surface area (Å²) in [7, 11) is 0. The first kappa shape index (κ1) is 9.96. The van der Waals surface area contributed by atoms with Crippen LogP contribution in [0.3, 0.4) is 0 Å². The van der Waals surface area contributed by atoms with E-state index in [2.05, 4.69) is 45.7 Å². The van der Waals surface area contributed by atoms with E-state index in [1.54, 1.807) is 0 Å². The third-order valence-electron chi connectivity index (χ3n) is 1.35. The normalized spacial score (nSPS) is 17.3. The summed E-state index contributed by atoms with van der Waals surface area (Å²) in [4.78, 5) is 1.31. The van der Waals surface area contributed by atoms with Gasteiger partial charge in [0, 0.05) is 9.65 Å². The molecule has 0 bridgehead atoms. The van der Waals surface area contributed by atoms with Gasteiger partial charge in [0.15, 0.2) is 0 Å². The highest BCUT2D eigenvalue weighted by molar-refractivity contribution is 9.12. The summed E-state index contributed by atoms with van der Waals surface area (Å²) in [5.41, 5.74) is 0. The number of alkyl halides is 2. The highest BCUT2D eigenvalue weighted by Crippen LogP contribution is 2.21. The molecule has 0 aromatic heterocycles. The van der Waals surface area contributed by atoms with E-state index in [0.717, 1.165) is 0 Å². The lowest BCUT2D eigenvalue weighted by Gasteiger charge is -2.12. The van der Waals surface area contributed by atoms with Crippen LogP contribution in [0.1, 0.15) is 33.1 Å². The fourth-order valence-electron chi connectivity index (χ4n) is 0.712. The molecule has 0 aliphatic carbocycles. The van der Waals surface area contributed by atoms with Gasteiger partial charge in [-0.25, -0.2) is 0 Å². The second-order valence-corrected chi connectivity index (χ2v) is 4.58. The molecule has 2 heteroatoms. The van der Waals surface area contributed by atoms with E-state index < -0.39 is 0 Å². The fourth-order valence-corrected chi connectivity index (χ4v) is 1.81. The van der Waals surface area contributed by atoms with Gasteiger partial charge in [0.1, 0.15) is 0 Å². The Labute approximate surface area is 74.7 Å². The minimum absolute atomic E-state index is 0.650. The Morgan fingerprint density at radius 3 is 2.00 bits per heavy atom. The van der Waals surface area contributed by atoms with E-state index in [-0.39, 0.29) is 0 Å². The van der Waals surface area contributed by atoms with Crippen LogP contribution in [0.4, 0.5) is 0 Å². The van der Waals surface area contributed by atoms with Gasteiger partial charge in [0.2, 0.25) is 0 Å². The highest BCUT2D eigenvalue weighted by atomic mass is 79.9. The van der Waals surface area contributed by atoms with E-state index in [1.807, 2.05) is 0 Å². The summed E-state index contributed by atoms with van der Waals surface area (Å²) in [6, 6.07) is 0. The average molecular weight is 258 g/mol. The molecule has 0 N–H and O–H groups in total. The second-order valence-electron chi connectivity index (χ2n) is 2.23. The molecule has 0 rings (SSSR count). The molecule has 0 nitrogen and oxygen atoms in total. The van der Waals surface area contributed by atoms with Crippen LogP contribution in [0, 0.1) is 0 Å². The lowest BCUT2D eigenvalue weighted by Crippen LogP contribution is -2.11. The number of hydrogen-bond donors (Lipinski definition) is 0. The molecule has 0 spiro atoms. The Morgan fingerprint density at radius 2 is 1.67 bits per heavy atom. The molecule has 0 radical (unpaired) electrons. The Morgan fingerprint density at radius 1 is 1.11 bits per heavy atom. The van der Waals surface area contributed by atoms with Crippen LogP contribution in [-0.4, -0.2) is 9.65 Å². The van der Waals surface area contributed by atoms with Crippen molar-refractivity contribution in [3.63, 3.8) is 0 Å². The van der Waals surface area contributed by atoms with Crippen LogP contribution >= 0.6 is 31.9 Å². The van der Waals surface area contributed by atoms with Crippen LogP contribution in [0.5, 0.6) is 0 Å². The first-order valence-corrected chi connectivity index (χ1v) is 5.33. The maximum atomic E-state index is 3.62. The lowest BCUT2D eigenvalue weighted by atomic mass is 10.2. The SMILES string of the molecule is CCCC(Br)C(Br)CC. The molecule has 0 fully saturated rings. The summed E-state index contributed by atoms with van der Waals surface area (Å²) in [5, 5.41) is 0. The number of hydrogen-bond acceptors (Lipinski definition) is 0. The van der Waals surface area contributed by atoms with Gasteiger partial charge in [-0.1, -0.05) is 52.1 Å². The molecule has 2 unspecified atom stereocenters. The predicted octanol–water partition coefficient (Wildman–Crippen LogP) is 3.72. The Bertz CT molecular complexity index is 63.9. The van der Waals surface area contributed by atoms with Gasteiger partial charge in [-0.05, 0) is 12.8 Å². The van der Waals surface area contributed by atoms with E-state index in [9.17, 15) is 0 Å². The van der Waals surface area contributed by atoms with Gasteiger partial charge < -0.3 is 0 Å². The van der Waals surface area contributed by atoms with E-state index in [0.29, 0.717) is 9.65 Å². The van der Waals surface area contributed by atoms with Crippen molar-refractivity contribution in [2.24, 2.45) is 0 Å². The molecule has 0 aliphatic rings. The molecule has 0 aromatic carbocycles. The second kappa shape index (κ2) is 5.72. The van der Waals surface area contributed by atoms with Gasteiger partial charge in [0.25, 0.3) is 0 Å². The van der Waals surface area contributed by atoms with Crippen LogP contribution in [-0.2, 0) is 0 Å². The molecule has 0 saturated carbocycles. The third-order valence-corrected chi connectivity index (χ3v) is 4.44. The standard InChI is InChI=1S/C7H14Br2/c1-3-5-7(9)6(8)4-2/h6-7H,3-5H2,1-2H3. The molecule has 0 amide bonds. The molecule has 0 heterocycles. The fraction of sp³-hybridized carbons (Fsp3) is 1.00. The van der Waals surface area contributed by atoms with Gasteiger partial charge in [-0.2, -0.15) is 0 Å². The predicted molar refractivity (Wildman–Crippen MR) is 50.6 cm³/mol.